The first-order valence-corrected chi connectivity index (χ1v) is 7.05. The second kappa shape index (κ2) is 11.6. The van der Waals surface area contributed by atoms with Gasteiger partial charge in [-0.05, 0) is 19.3 Å². The minimum absolute atomic E-state index is 0. The molecular formula is C10H21KO4S. The van der Waals surface area contributed by atoms with Crippen LogP contribution in [-0.2, 0) is 10.1 Å². The van der Waals surface area contributed by atoms with Crippen LogP contribution in [-0.4, -0.2) is 29.9 Å². The minimum Gasteiger partial charge on any atom is -0.748 e. The van der Waals surface area contributed by atoms with E-state index in [2.05, 4.69) is 6.92 Å². The molecule has 1 N–H and O–H groups in total. The molecule has 0 saturated carbocycles. The molecule has 1 atom stereocenters. The molecule has 0 aromatic carbocycles. The van der Waals surface area contributed by atoms with Crippen LogP contribution in [0.4, 0.5) is 0 Å². The van der Waals surface area contributed by atoms with Crippen molar-refractivity contribution in [2.45, 2.75) is 57.1 Å². The molecule has 92 valence electrons. The summed E-state index contributed by atoms with van der Waals surface area (Å²) in [6, 6.07) is 0. The largest absolute Gasteiger partial charge is 1.00 e. The van der Waals surface area contributed by atoms with Gasteiger partial charge in [0.25, 0.3) is 0 Å². The van der Waals surface area contributed by atoms with E-state index in [0.717, 1.165) is 25.7 Å². The Kier molecular flexibility index (Phi) is 14.4. The van der Waals surface area contributed by atoms with Crippen LogP contribution in [0.1, 0.15) is 51.9 Å². The summed E-state index contributed by atoms with van der Waals surface area (Å²) in [5.41, 5.74) is 0. The molecule has 0 radical (unpaired) electrons. The number of hydrogen-bond donors (Lipinski definition) is 1. The van der Waals surface area contributed by atoms with Crippen molar-refractivity contribution in [3.8, 4) is 0 Å². The van der Waals surface area contributed by atoms with Crippen LogP contribution < -0.4 is 51.4 Å². The third kappa shape index (κ3) is 10.6. The average Bonchev–Trinajstić information content (AvgIpc) is 2.15. The van der Waals surface area contributed by atoms with E-state index in [4.69, 9.17) is 5.11 Å². The molecule has 0 aliphatic rings. The molecule has 0 bridgehead atoms. The standard InChI is InChI=1S/C10H22O4S.K/c1-2-3-4-5-7-10(8-6-9-11)15(12,13)14;/h10-11H,2-9H2,1H3,(H,12,13,14);/q;+1/p-1. The van der Waals surface area contributed by atoms with Crippen LogP contribution >= 0.6 is 0 Å². The summed E-state index contributed by atoms with van der Waals surface area (Å²) in [5, 5.41) is 7.79. The van der Waals surface area contributed by atoms with Crippen LogP contribution in [0.3, 0.4) is 0 Å². The van der Waals surface area contributed by atoms with Crippen molar-refractivity contribution in [1.82, 2.24) is 0 Å². The third-order valence-corrected chi connectivity index (χ3v) is 3.76. The van der Waals surface area contributed by atoms with E-state index in [-0.39, 0.29) is 64.4 Å². The maximum Gasteiger partial charge on any atom is 1.00 e. The molecular weight excluding hydrogens is 255 g/mol. The SMILES string of the molecule is CCCCCCC(CCCO)S(=O)(=O)[O-].[K+]. The van der Waals surface area contributed by atoms with Gasteiger partial charge in [-0.1, -0.05) is 32.6 Å². The van der Waals surface area contributed by atoms with Crippen molar-refractivity contribution < 1.29 is 69.5 Å². The first kappa shape index (κ1) is 19.8. The summed E-state index contributed by atoms with van der Waals surface area (Å²) in [6.45, 7) is 2.02. The van der Waals surface area contributed by atoms with E-state index in [1.54, 1.807) is 0 Å². The molecule has 6 heteroatoms. The van der Waals surface area contributed by atoms with E-state index in [0.29, 0.717) is 12.8 Å². The smallest absolute Gasteiger partial charge is 0.748 e. The van der Waals surface area contributed by atoms with Gasteiger partial charge in [-0.15, -0.1) is 0 Å². The van der Waals surface area contributed by atoms with Crippen molar-refractivity contribution in [3.05, 3.63) is 0 Å². The molecule has 0 aliphatic carbocycles. The Hall–Kier alpha value is 1.51. The molecule has 0 rings (SSSR count). The van der Waals surface area contributed by atoms with E-state index in [9.17, 15) is 13.0 Å². The van der Waals surface area contributed by atoms with Crippen LogP contribution in [0.15, 0.2) is 0 Å². The maximum absolute atomic E-state index is 10.9. The van der Waals surface area contributed by atoms with Gasteiger partial charge >= 0.3 is 51.4 Å². The molecule has 0 aromatic rings. The van der Waals surface area contributed by atoms with Gasteiger partial charge in [0.15, 0.2) is 0 Å². The molecule has 0 fully saturated rings. The molecule has 0 amide bonds. The first-order chi connectivity index (χ1) is 7.02. The van der Waals surface area contributed by atoms with Gasteiger partial charge in [-0.2, -0.15) is 0 Å². The van der Waals surface area contributed by atoms with Gasteiger partial charge in [0, 0.05) is 11.9 Å². The van der Waals surface area contributed by atoms with Crippen LogP contribution in [0.25, 0.3) is 0 Å². The summed E-state index contributed by atoms with van der Waals surface area (Å²) < 4.78 is 32.6. The quantitative estimate of drug-likeness (QED) is 0.321. The van der Waals surface area contributed by atoms with E-state index in [1.807, 2.05) is 0 Å². The number of aliphatic hydroxyl groups is 1. The van der Waals surface area contributed by atoms with E-state index >= 15 is 0 Å². The van der Waals surface area contributed by atoms with Crippen molar-refractivity contribution in [2.24, 2.45) is 0 Å². The van der Waals surface area contributed by atoms with Crippen molar-refractivity contribution in [3.63, 3.8) is 0 Å². The van der Waals surface area contributed by atoms with Crippen molar-refractivity contribution >= 4 is 10.1 Å². The third-order valence-electron chi connectivity index (χ3n) is 2.47. The summed E-state index contributed by atoms with van der Waals surface area (Å²) in [6.07, 6.45) is 5.03. The molecule has 0 saturated heterocycles. The Morgan fingerprint density at radius 2 is 1.69 bits per heavy atom. The molecule has 0 spiro atoms. The number of unbranched alkanes of at least 4 members (excludes halogenated alkanes) is 3. The fraction of sp³-hybridized carbons (Fsp3) is 1.00. The Balaban J connectivity index is 0. The van der Waals surface area contributed by atoms with Gasteiger partial charge in [0.05, 0.1) is 10.1 Å². The fourth-order valence-electron chi connectivity index (χ4n) is 1.55. The Labute approximate surface area is 141 Å². The summed E-state index contributed by atoms with van der Waals surface area (Å²) in [5.74, 6) is 0. The van der Waals surface area contributed by atoms with E-state index in [1.165, 1.54) is 0 Å². The van der Waals surface area contributed by atoms with Crippen molar-refractivity contribution in [1.29, 1.82) is 0 Å². The molecule has 1 unspecified atom stereocenters. The zero-order chi connectivity index (χ0) is 11.7. The second-order valence-corrected chi connectivity index (χ2v) is 5.48. The predicted octanol–water partition coefficient (Wildman–Crippen LogP) is -1.35. The summed E-state index contributed by atoms with van der Waals surface area (Å²) in [4.78, 5) is 0. The minimum atomic E-state index is -4.19. The monoisotopic (exact) mass is 276 g/mol. The second-order valence-electron chi connectivity index (χ2n) is 3.83. The van der Waals surface area contributed by atoms with Crippen LogP contribution in [0.5, 0.6) is 0 Å². The maximum atomic E-state index is 10.9. The molecule has 4 nitrogen and oxygen atoms in total. The average molecular weight is 276 g/mol. The van der Waals surface area contributed by atoms with Gasteiger partial charge in [-0.3, -0.25) is 0 Å². The Morgan fingerprint density at radius 1 is 1.12 bits per heavy atom. The molecule has 0 aliphatic heterocycles. The van der Waals surface area contributed by atoms with Crippen molar-refractivity contribution in [2.75, 3.05) is 6.61 Å². The Bertz CT molecular complexity index is 241. The van der Waals surface area contributed by atoms with Gasteiger partial charge in [0.1, 0.15) is 0 Å². The zero-order valence-electron chi connectivity index (χ0n) is 10.3. The number of rotatable bonds is 9. The zero-order valence-corrected chi connectivity index (χ0v) is 14.3. The Morgan fingerprint density at radius 3 is 2.12 bits per heavy atom. The summed E-state index contributed by atoms with van der Waals surface area (Å²) in [7, 11) is -4.19. The first-order valence-electron chi connectivity index (χ1n) is 5.58. The molecule has 16 heavy (non-hydrogen) atoms. The molecule has 0 heterocycles. The number of hydrogen-bond acceptors (Lipinski definition) is 4. The fourth-order valence-corrected chi connectivity index (χ4v) is 2.46. The number of aliphatic hydroxyl groups excluding tert-OH is 1. The van der Waals surface area contributed by atoms with Crippen LogP contribution in [0.2, 0.25) is 0 Å². The van der Waals surface area contributed by atoms with Gasteiger partial charge < -0.3 is 9.66 Å². The summed E-state index contributed by atoms with van der Waals surface area (Å²) >= 11 is 0. The normalized spacial score (nSPS) is 13.2. The molecule has 0 aromatic heterocycles. The van der Waals surface area contributed by atoms with Crippen LogP contribution in [0, 0.1) is 0 Å². The topological polar surface area (TPSA) is 77.4 Å². The van der Waals surface area contributed by atoms with E-state index < -0.39 is 15.4 Å². The van der Waals surface area contributed by atoms with Gasteiger partial charge in [0.2, 0.25) is 0 Å². The van der Waals surface area contributed by atoms with Gasteiger partial charge in [-0.25, -0.2) is 8.42 Å². The predicted molar refractivity (Wildman–Crippen MR) is 58.6 cm³/mol.